The zero-order chi connectivity index (χ0) is 21.8. The second kappa shape index (κ2) is 9.01. The molecule has 1 unspecified atom stereocenters. The van der Waals surface area contributed by atoms with Crippen molar-refractivity contribution in [2.45, 2.75) is 12.2 Å². The van der Waals surface area contributed by atoms with Crippen molar-refractivity contribution in [1.29, 1.82) is 0 Å². The van der Waals surface area contributed by atoms with Crippen LogP contribution in [0.4, 0.5) is 5.13 Å². The van der Waals surface area contributed by atoms with E-state index in [1.165, 1.54) is 5.38 Å². The van der Waals surface area contributed by atoms with Gasteiger partial charge in [-0.25, -0.2) is 9.29 Å². The summed E-state index contributed by atoms with van der Waals surface area (Å²) >= 11 is 6.32. The minimum absolute atomic E-state index is 0.0436. The van der Waals surface area contributed by atoms with Crippen LogP contribution in [0.25, 0.3) is 10.4 Å². The Morgan fingerprint density at radius 1 is 1.55 bits per heavy atom. The van der Waals surface area contributed by atoms with Gasteiger partial charge < -0.3 is 15.5 Å². The van der Waals surface area contributed by atoms with E-state index in [0.29, 0.717) is 0 Å². The first kappa shape index (κ1) is 22.3. The number of oxime groups is 1. The number of azide groups is 1. The maximum atomic E-state index is 12.5. The summed E-state index contributed by atoms with van der Waals surface area (Å²) in [4.78, 5) is 46.6. The number of halogens is 1. The quantitative estimate of drug-likeness (QED) is 0.0657. The zero-order valence-corrected chi connectivity index (χ0v) is 16.6. The number of alkyl halides is 1. The van der Waals surface area contributed by atoms with Gasteiger partial charge in [0.25, 0.3) is 11.8 Å². The van der Waals surface area contributed by atoms with Gasteiger partial charge in [0.2, 0.25) is 5.91 Å². The monoisotopic (exact) mass is 466 g/mol. The predicted octanol–water partition coefficient (Wildman–Crippen LogP) is -0.563. The molecule has 1 saturated heterocycles. The highest BCUT2D eigenvalue weighted by atomic mass is 35.5. The standard InChI is InChI=1S/C11H11ClN8O7S2/c1-27-18-6(4-3-28-11(14-4)15-5(21)2-12)9(22)16-7-8(17-19-13)20(10(7)23)29(24,25)26/h3,7-8H,2H2,1H3,(H,16,22)(H,14,15,21)(H,24,25,26)/t7-,8?/m0/s1. The Morgan fingerprint density at radius 3 is 2.79 bits per heavy atom. The zero-order valence-electron chi connectivity index (χ0n) is 14.2. The van der Waals surface area contributed by atoms with Crippen molar-refractivity contribution < 1.29 is 32.2 Å². The van der Waals surface area contributed by atoms with E-state index in [0.717, 1.165) is 18.4 Å². The van der Waals surface area contributed by atoms with Gasteiger partial charge in [-0.15, -0.1) is 22.9 Å². The fourth-order valence-corrected chi connectivity index (χ4v) is 3.66. The first-order chi connectivity index (χ1) is 13.6. The maximum absolute atomic E-state index is 12.5. The number of β-lactam (4-membered cyclic amide) rings is 1. The number of carbonyl (C=O) groups is 3. The van der Waals surface area contributed by atoms with Crippen molar-refractivity contribution in [2.75, 3.05) is 18.3 Å². The first-order valence-electron chi connectivity index (χ1n) is 7.22. The first-order valence-corrected chi connectivity index (χ1v) is 10.0. The minimum Gasteiger partial charge on any atom is -0.398 e. The number of carbonyl (C=O) groups excluding carboxylic acids is 3. The molecule has 0 saturated carbocycles. The molecule has 2 rings (SSSR count). The van der Waals surface area contributed by atoms with Crippen molar-refractivity contribution in [1.82, 2.24) is 14.6 Å². The molecule has 1 aromatic rings. The number of hydrogen-bond donors (Lipinski definition) is 3. The van der Waals surface area contributed by atoms with Gasteiger partial charge in [0.1, 0.15) is 24.7 Å². The van der Waals surface area contributed by atoms with Crippen LogP contribution in [0.1, 0.15) is 5.69 Å². The van der Waals surface area contributed by atoms with E-state index in [9.17, 15) is 22.8 Å². The predicted molar refractivity (Wildman–Crippen MR) is 98.3 cm³/mol. The Labute approximate surface area is 171 Å². The van der Waals surface area contributed by atoms with E-state index >= 15 is 0 Å². The summed E-state index contributed by atoms with van der Waals surface area (Å²) in [5.74, 6) is -3.12. The molecule has 0 spiro atoms. The number of nitrogens with zero attached hydrogens (tertiary/aromatic N) is 6. The fourth-order valence-electron chi connectivity index (χ4n) is 2.10. The van der Waals surface area contributed by atoms with Gasteiger partial charge in [0.05, 0.1) is 0 Å². The summed E-state index contributed by atoms with van der Waals surface area (Å²) in [7, 11) is -3.87. The molecule has 1 aliphatic rings. The minimum atomic E-state index is -5.00. The lowest BCUT2D eigenvalue weighted by atomic mass is 10.1. The Balaban J connectivity index is 2.22. The highest BCUT2D eigenvalue weighted by molar-refractivity contribution is 7.84. The van der Waals surface area contributed by atoms with Gasteiger partial charge in [0.15, 0.2) is 17.0 Å². The molecular formula is C11H11ClN8O7S2. The third-order valence-electron chi connectivity index (χ3n) is 3.24. The lowest BCUT2D eigenvalue weighted by Gasteiger charge is -2.41. The van der Waals surface area contributed by atoms with E-state index in [4.69, 9.17) is 21.7 Å². The average Bonchev–Trinajstić information content (AvgIpc) is 3.10. The fraction of sp³-hybridized carbons (Fsp3) is 0.364. The highest BCUT2D eigenvalue weighted by Crippen LogP contribution is 2.25. The van der Waals surface area contributed by atoms with Crippen LogP contribution in [0.15, 0.2) is 15.7 Å². The Bertz CT molecular complexity index is 1020. The molecule has 0 aromatic carbocycles. The molecule has 15 nitrogen and oxygen atoms in total. The van der Waals surface area contributed by atoms with Crippen LogP contribution in [0, 0.1) is 0 Å². The summed E-state index contributed by atoms with van der Waals surface area (Å²) in [5.41, 5.74) is 8.06. The van der Waals surface area contributed by atoms with Crippen LogP contribution >= 0.6 is 22.9 Å². The van der Waals surface area contributed by atoms with E-state index in [1.807, 2.05) is 0 Å². The molecule has 0 radical (unpaired) electrons. The SMILES string of the molecule is CON=C(C(=O)N[C@@H]1C(=O)N(S(=O)(=O)O)C1N=[N+]=[N-])c1csc(NC(=O)CCl)n1. The topological polar surface area (TPSA) is 216 Å². The number of nitrogens with one attached hydrogen (secondary N) is 2. The molecule has 2 atom stereocenters. The van der Waals surface area contributed by atoms with E-state index in [-0.39, 0.29) is 21.0 Å². The molecule has 3 N–H and O–H groups in total. The van der Waals surface area contributed by atoms with Crippen molar-refractivity contribution in [3.8, 4) is 0 Å². The Kier molecular flexibility index (Phi) is 6.93. The van der Waals surface area contributed by atoms with E-state index < -0.39 is 45.9 Å². The molecule has 2 heterocycles. The number of aromatic nitrogens is 1. The second-order valence-corrected chi connectivity index (χ2v) is 7.44. The summed E-state index contributed by atoms with van der Waals surface area (Å²) < 4.78 is 31.3. The van der Waals surface area contributed by atoms with Gasteiger partial charge in [0, 0.05) is 10.3 Å². The lowest BCUT2D eigenvalue weighted by Crippen LogP contribution is -2.71. The van der Waals surface area contributed by atoms with Crippen LogP contribution in [0.2, 0.25) is 0 Å². The molecule has 18 heteroatoms. The van der Waals surface area contributed by atoms with E-state index in [2.05, 4.69) is 35.6 Å². The third-order valence-corrected chi connectivity index (χ3v) is 5.13. The lowest BCUT2D eigenvalue weighted by molar-refractivity contribution is -0.144. The second-order valence-electron chi connectivity index (χ2n) is 5.02. The smallest absolute Gasteiger partial charge is 0.362 e. The Morgan fingerprint density at radius 2 is 2.24 bits per heavy atom. The van der Waals surface area contributed by atoms with Crippen molar-refractivity contribution in [3.63, 3.8) is 0 Å². The highest BCUT2D eigenvalue weighted by Gasteiger charge is 2.54. The van der Waals surface area contributed by atoms with Gasteiger partial charge in [-0.2, -0.15) is 8.42 Å². The van der Waals surface area contributed by atoms with Crippen molar-refractivity contribution in [3.05, 3.63) is 21.5 Å². The van der Waals surface area contributed by atoms with Crippen LogP contribution in [0.3, 0.4) is 0 Å². The van der Waals surface area contributed by atoms with Crippen molar-refractivity contribution >= 4 is 61.8 Å². The molecule has 1 aromatic heterocycles. The molecule has 29 heavy (non-hydrogen) atoms. The van der Waals surface area contributed by atoms with Crippen LogP contribution < -0.4 is 10.6 Å². The largest absolute Gasteiger partial charge is 0.398 e. The normalized spacial score (nSPS) is 19.1. The average molecular weight is 467 g/mol. The summed E-state index contributed by atoms with van der Waals surface area (Å²) in [6, 6.07) is -1.59. The van der Waals surface area contributed by atoms with Crippen LogP contribution in [-0.2, 0) is 29.5 Å². The molecule has 3 amide bonds. The van der Waals surface area contributed by atoms with Crippen LogP contribution in [0.5, 0.6) is 0 Å². The summed E-state index contributed by atoms with van der Waals surface area (Å²) in [6.45, 7) is 0. The Hall–Kier alpha value is -2.98. The van der Waals surface area contributed by atoms with Gasteiger partial charge >= 0.3 is 10.3 Å². The summed E-state index contributed by atoms with van der Waals surface area (Å²) in [6.07, 6.45) is -1.72. The van der Waals surface area contributed by atoms with Crippen molar-refractivity contribution in [2.24, 2.45) is 10.3 Å². The number of thiazole rings is 1. The van der Waals surface area contributed by atoms with E-state index in [1.54, 1.807) is 0 Å². The molecule has 1 fully saturated rings. The number of anilines is 1. The van der Waals surface area contributed by atoms with Gasteiger partial charge in [-0.1, -0.05) is 10.3 Å². The summed E-state index contributed by atoms with van der Waals surface area (Å²) in [5, 5.41) is 12.5. The third kappa shape index (κ3) is 4.90. The number of hydrogen-bond acceptors (Lipinski definition) is 10. The van der Waals surface area contributed by atoms with Gasteiger partial charge in [-0.05, 0) is 5.53 Å². The van der Waals surface area contributed by atoms with Crippen LogP contribution in [-0.4, -0.2) is 70.9 Å². The molecular weight excluding hydrogens is 456 g/mol. The molecule has 0 aliphatic carbocycles. The van der Waals surface area contributed by atoms with Gasteiger partial charge in [-0.3, -0.25) is 18.9 Å². The molecule has 0 bridgehead atoms. The molecule has 156 valence electrons. The number of rotatable bonds is 8. The molecule has 1 aliphatic heterocycles. The number of amides is 3. The maximum Gasteiger partial charge on any atom is 0.362 e.